The Bertz CT molecular complexity index is 1180. The number of hydrogen-bond acceptors (Lipinski definition) is 6. The number of rotatable bonds is 3. The van der Waals surface area contributed by atoms with Gasteiger partial charge in [0.05, 0.1) is 16.8 Å². The molecule has 4 aromatic rings. The fraction of sp³-hybridized carbons (Fsp3) is 0.227. The normalized spacial score (nSPS) is 15.1. The molecule has 2 aromatic heterocycles. The summed E-state index contributed by atoms with van der Waals surface area (Å²) in [5, 5.41) is 6.16. The van der Waals surface area contributed by atoms with Crippen LogP contribution in [0.5, 0.6) is 0 Å². The Kier molecular flexibility index (Phi) is 4.77. The Morgan fingerprint density at radius 2 is 1.60 bits per heavy atom. The van der Waals surface area contributed by atoms with Crippen molar-refractivity contribution < 1.29 is 0 Å². The SMILES string of the molecule is CN1CCN(c2nc(-c3ccc(Cl)cc3)c3c(N)n(-c4ccccc4)nc3n2)CC1. The second-order valence-electron chi connectivity index (χ2n) is 7.50. The van der Waals surface area contributed by atoms with Crippen LogP contribution in [0.1, 0.15) is 0 Å². The third-order valence-corrected chi connectivity index (χ3v) is 5.71. The summed E-state index contributed by atoms with van der Waals surface area (Å²) < 4.78 is 1.73. The zero-order valence-electron chi connectivity index (χ0n) is 16.7. The number of benzene rings is 2. The van der Waals surface area contributed by atoms with Crippen molar-refractivity contribution in [2.24, 2.45) is 0 Å². The van der Waals surface area contributed by atoms with E-state index in [1.165, 1.54) is 0 Å². The molecule has 30 heavy (non-hydrogen) atoms. The lowest BCUT2D eigenvalue weighted by Gasteiger charge is -2.32. The molecule has 3 heterocycles. The van der Waals surface area contributed by atoms with E-state index < -0.39 is 0 Å². The summed E-state index contributed by atoms with van der Waals surface area (Å²) in [5.74, 6) is 1.20. The molecule has 2 aromatic carbocycles. The number of nitrogens with two attached hydrogens (primary N) is 1. The minimum absolute atomic E-state index is 0.520. The second-order valence-corrected chi connectivity index (χ2v) is 7.94. The summed E-state index contributed by atoms with van der Waals surface area (Å²) in [7, 11) is 2.13. The van der Waals surface area contributed by atoms with Gasteiger partial charge in [-0.25, -0.2) is 9.67 Å². The highest BCUT2D eigenvalue weighted by Crippen LogP contribution is 2.34. The number of hydrogen-bond donors (Lipinski definition) is 1. The average molecular weight is 420 g/mol. The Balaban J connectivity index is 1.71. The van der Waals surface area contributed by atoms with Crippen LogP contribution in [-0.2, 0) is 0 Å². The minimum Gasteiger partial charge on any atom is -0.383 e. The van der Waals surface area contributed by atoms with E-state index in [9.17, 15) is 0 Å². The van der Waals surface area contributed by atoms with E-state index in [-0.39, 0.29) is 0 Å². The zero-order chi connectivity index (χ0) is 20.7. The van der Waals surface area contributed by atoms with Gasteiger partial charge in [0.25, 0.3) is 0 Å². The van der Waals surface area contributed by atoms with Crippen LogP contribution >= 0.6 is 11.6 Å². The van der Waals surface area contributed by atoms with Crippen LogP contribution in [0, 0.1) is 0 Å². The molecule has 0 aliphatic carbocycles. The van der Waals surface area contributed by atoms with Crippen molar-refractivity contribution in [2.45, 2.75) is 0 Å². The smallest absolute Gasteiger partial charge is 0.228 e. The van der Waals surface area contributed by atoms with Crippen molar-refractivity contribution in [3.63, 3.8) is 0 Å². The number of nitrogens with zero attached hydrogens (tertiary/aromatic N) is 6. The maximum absolute atomic E-state index is 6.56. The summed E-state index contributed by atoms with van der Waals surface area (Å²) in [6, 6.07) is 17.5. The van der Waals surface area contributed by atoms with Crippen LogP contribution in [0.2, 0.25) is 5.02 Å². The molecule has 0 amide bonds. The number of fused-ring (bicyclic) bond motifs is 1. The Morgan fingerprint density at radius 3 is 2.30 bits per heavy atom. The van der Waals surface area contributed by atoms with Crippen LogP contribution in [0.4, 0.5) is 11.8 Å². The monoisotopic (exact) mass is 419 g/mol. The van der Waals surface area contributed by atoms with Gasteiger partial charge in [0.1, 0.15) is 5.82 Å². The standard InChI is InChI=1S/C22H22ClN7/c1-28-11-13-29(14-12-28)22-25-19(15-7-9-16(23)10-8-15)18-20(24)30(27-21(18)26-22)17-5-3-2-4-6-17/h2-10H,11-14,24H2,1H3. The van der Waals surface area contributed by atoms with Gasteiger partial charge in [-0.15, -0.1) is 5.10 Å². The molecule has 0 saturated carbocycles. The summed E-state index contributed by atoms with van der Waals surface area (Å²) in [6.07, 6.45) is 0. The molecule has 0 bridgehead atoms. The molecule has 1 aliphatic rings. The molecule has 2 N–H and O–H groups in total. The predicted molar refractivity (Wildman–Crippen MR) is 121 cm³/mol. The first-order valence-corrected chi connectivity index (χ1v) is 10.3. The van der Waals surface area contributed by atoms with Gasteiger partial charge < -0.3 is 15.5 Å². The third-order valence-electron chi connectivity index (χ3n) is 5.46. The minimum atomic E-state index is 0.520. The van der Waals surface area contributed by atoms with Gasteiger partial charge >= 0.3 is 0 Å². The van der Waals surface area contributed by atoms with E-state index in [1.807, 2.05) is 54.6 Å². The molecular weight excluding hydrogens is 398 g/mol. The maximum Gasteiger partial charge on any atom is 0.228 e. The van der Waals surface area contributed by atoms with Crippen LogP contribution in [0.25, 0.3) is 28.0 Å². The summed E-state index contributed by atoms with van der Waals surface area (Å²) >= 11 is 6.11. The molecule has 1 fully saturated rings. The largest absolute Gasteiger partial charge is 0.383 e. The lowest BCUT2D eigenvalue weighted by Crippen LogP contribution is -2.45. The first kappa shape index (κ1) is 18.8. The lowest BCUT2D eigenvalue weighted by molar-refractivity contribution is 0.311. The van der Waals surface area contributed by atoms with E-state index in [2.05, 4.69) is 16.8 Å². The molecule has 0 radical (unpaired) electrons. The van der Waals surface area contributed by atoms with Crippen molar-refractivity contribution in [3.05, 3.63) is 59.6 Å². The molecule has 8 heteroatoms. The first-order chi connectivity index (χ1) is 14.6. The van der Waals surface area contributed by atoms with Crippen molar-refractivity contribution in [2.75, 3.05) is 43.9 Å². The van der Waals surface area contributed by atoms with Gasteiger partial charge in [0.2, 0.25) is 5.95 Å². The summed E-state index contributed by atoms with van der Waals surface area (Å²) in [5.41, 5.74) is 9.73. The van der Waals surface area contributed by atoms with Gasteiger partial charge in [-0.1, -0.05) is 41.9 Å². The zero-order valence-corrected chi connectivity index (χ0v) is 17.4. The quantitative estimate of drug-likeness (QED) is 0.548. The van der Waals surface area contributed by atoms with Gasteiger partial charge in [0.15, 0.2) is 5.65 Å². The molecule has 0 unspecified atom stereocenters. The molecule has 5 rings (SSSR count). The van der Waals surface area contributed by atoms with Crippen LogP contribution in [0.3, 0.4) is 0 Å². The summed E-state index contributed by atoms with van der Waals surface area (Å²) in [4.78, 5) is 14.2. The van der Waals surface area contributed by atoms with Gasteiger partial charge in [-0.3, -0.25) is 0 Å². The van der Waals surface area contributed by atoms with Crippen molar-refractivity contribution in [3.8, 4) is 16.9 Å². The van der Waals surface area contributed by atoms with Crippen molar-refractivity contribution in [1.82, 2.24) is 24.6 Å². The Labute approximate surface area is 179 Å². The predicted octanol–water partition coefficient (Wildman–Crippen LogP) is 3.47. The molecule has 1 aliphatic heterocycles. The molecule has 0 atom stereocenters. The number of piperazine rings is 1. The van der Waals surface area contributed by atoms with E-state index in [4.69, 9.17) is 32.4 Å². The third kappa shape index (κ3) is 3.36. The van der Waals surface area contributed by atoms with Gasteiger partial charge in [-0.05, 0) is 31.3 Å². The van der Waals surface area contributed by atoms with Gasteiger partial charge in [-0.2, -0.15) is 4.98 Å². The van der Waals surface area contributed by atoms with E-state index in [1.54, 1.807) is 4.68 Å². The van der Waals surface area contributed by atoms with E-state index >= 15 is 0 Å². The Hall–Kier alpha value is -3.16. The van der Waals surface area contributed by atoms with Crippen LogP contribution < -0.4 is 10.6 Å². The summed E-state index contributed by atoms with van der Waals surface area (Å²) in [6.45, 7) is 3.68. The van der Waals surface area contributed by atoms with E-state index in [0.717, 1.165) is 48.5 Å². The number of anilines is 2. The molecule has 7 nitrogen and oxygen atoms in total. The number of para-hydroxylation sites is 1. The number of nitrogen functional groups attached to an aromatic ring is 1. The highest BCUT2D eigenvalue weighted by molar-refractivity contribution is 6.30. The number of halogens is 1. The number of aromatic nitrogens is 4. The highest BCUT2D eigenvalue weighted by Gasteiger charge is 2.23. The average Bonchev–Trinajstić information content (AvgIpc) is 3.11. The molecule has 1 saturated heterocycles. The molecular formula is C22H22ClN7. The molecule has 0 spiro atoms. The van der Waals surface area contributed by atoms with Crippen molar-refractivity contribution in [1.29, 1.82) is 0 Å². The van der Waals surface area contributed by atoms with Crippen molar-refractivity contribution >= 4 is 34.4 Å². The fourth-order valence-corrected chi connectivity index (χ4v) is 3.86. The highest BCUT2D eigenvalue weighted by atomic mass is 35.5. The topological polar surface area (TPSA) is 76.1 Å². The second kappa shape index (κ2) is 7.59. The first-order valence-electron chi connectivity index (χ1n) is 9.91. The van der Waals surface area contributed by atoms with Gasteiger partial charge in [0, 0.05) is 36.8 Å². The lowest BCUT2D eigenvalue weighted by atomic mass is 10.1. The maximum atomic E-state index is 6.56. The van der Waals surface area contributed by atoms with Crippen LogP contribution in [0.15, 0.2) is 54.6 Å². The fourth-order valence-electron chi connectivity index (χ4n) is 3.73. The van der Waals surface area contributed by atoms with E-state index in [0.29, 0.717) is 22.4 Å². The Morgan fingerprint density at radius 1 is 0.900 bits per heavy atom. The molecule has 152 valence electrons. The van der Waals surface area contributed by atoms with Crippen LogP contribution in [-0.4, -0.2) is 57.9 Å². The number of likely N-dealkylation sites (N-methyl/N-ethyl adjacent to an activating group) is 1.